The van der Waals surface area contributed by atoms with Gasteiger partial charge < -0.3 is 19.5 Å². The number of hydrogen-bond acceptors (Lipinski definition) is 4. The first-order valence-corrected chi connectivity index (χ1v) is 5.44. The predicted molar refractivity (Wildman–Crippen MR) is 62.1 cm³/mol. The normalized spacial score (nSPS) is 14.9. The minimum atomic E-state index is 0.317. The van der Waals surface area contributed by atoms with E-state index < -0.39 is 0 Å². The molecule has 4 heteroatoms. The van der Waals surface area contributed by atoms with Crippen molar-refractivity contribution in [3.8, 4) is 11.5 Å². The Kier molecular flexibility index (Phi) is 3.51. The summed E-state index contributed by atoms with van der Waals surface area (Å²) in [5, 5.41) is 3.39. The molecule has 0 bridgehead atoms. The molecule has 0 spiro atoms. The fourth-order valence-corrected chi connectivity index (χ4v) is 1.64. The van der Waals surface area contributed by atoms with Crippen LogP contribution in [0, 0.1) is 0 Å². The second-order valence-corrected chi connectivity index (χ2v) is 3.89. The van der Waals surface area contributed by atoms with Gasteiger partial charge in [-0.05, 0) is 25.5 Å². The summed E-state index contributed by atoms with van der Waals surface area (Å²) in [4.78, 5) is 0. The van der Waals surface area contributed by atoms with Gasteiger partial charge in [0.25, 0.3) is 0 Å². The highest BCUT2D eigenvalue weighted by Gasteiger charge is 2.13. The summed E-state index contributed by atoms with van der Waals surface area (Å²) in [6.07, 6.45) is 0.977. The van der Waals surface area contributed by atoms with Gasteiger partial charge in [0, 0.05) is 31.5 Å². The molecule has 0 aromatic heterocycles. The maximum absolute atomic E-state index is 5.31. The number of anilines is 1. The molecule has 2 rings (SSSR count). The summed E-state index contributed by atoms with van der Waals surface area (Å²) >= 11 is 0. The summed E-state index contributed by atoms with van der Waals surface area (Å²) < 4.78 is 15.6. The van der Waals surface area contributed by atoms with Crippen molar-refractivity contribution in [1.82, 2.24) is 0 Å². The Morgan fingerprint density at radius 2 is 2.19 bits per heavy atom. The molecule has 16 heavy (non-hydrogen) atoms. The lowest BCUT2D eigenvalue weighted by Crippen LogP contribution is -2.16. The van der Waals surface area contributed by atoms with E-state index in [1.807, 2.05) is 18.2 Å². The van der Waals surface area contributed by atoms with Crippen LogP contribution in [0.1, 0.15) is 13.3 Å². The SMILES string of the molecule is COCCC(C)Nc1ccc2c(c1)OCO2. The summed E-state index contributed by atoms with van der Waals surface area (Å²) in [5.41, 5.74) is 1.05. The summed E-state index contributed by atoms with van der Waals surface area (Å²) in [6.45, 7) is 3.21. The van der Waals surface area contributed by atoms with Crippen LogP contribution in [0.4, 0.5) is 5.69 Å². The van der Waals surface area contributed by atoms with E-state index in [1.54, 1.807) is 7.11 Å². The van der Waals surface area contributed by atoms with Crippen molar-refractivity contribution < 1.29 is 14.2 Å². The first-order chi connectivity index (χ1) is 7.79. The van der Waals surface area contributed by atoms with E-state index in [-0.39, 0.29) is 0 Å². The Balaban J connectivity index is 1.94. The number of methoxy groups -OCH3 is 1. The molecule has 1 N–H and O–H groups in total. The molecular weight excluding hydrogens is 206 g/mol. The third-order valence-electron chi connectivity index (χ3n) is 2.54. The van der Waals surface area contributed by atoms with Crippen LogP contribution < -0.4 is 14.8 Å². The molecule has 0 fully saturated rings. The zero-order valence-electron chi connectivity index (χ0n) is 9.66. The summed E-state index contributed by atoms with van der Waals surface area (Å²) in [7, 11) is 1.72. The fraction of sp³-hybridized carbons (Fsp3) is 0.500. The fourth-order valence-electron chi connectivity index (χ4n) is 1.64. The minimum Gasteiger partial charge on any atom is -0.454 e. The van der Waals surface area contributed by atoms with E-state index >= 15 is 0 Å². The molecule has 0 radical (unpaired) electrons. The minimum absolute atomic E-state index is 0.317. The molecule has 1 aliphatic heterocycles. The Hall–Kier alpha value is -1.42. The lowest BCUT2D eigenvalue weighted by molar-refractivity contribution is 0.174. The standard InChI is InChI=1S/C12H17NO3/c1-9(5-6-14-2)13-10-3-4-11-12(7-10)16-8-15-11/h3-4,7,9,13H,5-6,8H2,1-2H3. The molecule has 4 nitrogen and oxygen atoms in total. The third-order valence-corrected chi connectivity index (χ3v) is 2.54. The van der Waals surface area contributed by atoms with E-state index in [4.69, 9.17) is 14.2 Å². The van der Waals surface area contributed by atoms with Crippen molar-refractivity contribution in [2.45, 2.75) is 19.4 Å². The smallest absolute Gasteiger partial charge is 0.231 e. The maximum atomic E-state index is 5.31. The molecule has 1 aromatic carbocycles. The zero-order valence-corrected chi connectivity index (χ0v) is 9.66. The highest BCUT2D eigenvalue weighted by molar-refractivity contribution is 5.55. The van der Waals surface area contributed by atoms with Gasteiger partial charge in [-0.15, -0.1) is 0 Å². The van der Waals surface area contributed by atoms with Crippen molar-refractivity contribution in [3.63, 3.8) is 0 Å². The number of fused-ring (bicyclic) bond motifs is 1. The predicted octanol–water partition coefficient (Wildman–Crippen LogP) is 2.25. The van der Waals surface area contributed by atoms with Gasteiger partial charge in [0.15, 0.2) is 11.5 Å². The second kappa shape index (κ2) is 5.07. The highest BCUT2D eigenvalue weighted by Crippen LogP contribution is 2.34. The molecule has 1 atom stereocenters. The Morgan fingerprint density at radius 1 is 1.38 bits per heavy atom. The molecule has 0 amide bonds. The first kappa shape index (κ1) is 11.1. The maximum Gasteiger partial charge on any atom is 0.231 e. The van der Waals surface area contributed by atoms with Crippen molar-refractivity contribution in [1.29, 1.82) is 0 Å². The van der Waals surface area contributed by atoms with Gasteiger partial charge in [0.1, 0.15) is 0 Å². The Bertz CT molecular complexity index is 354. The van der Waals surface area contributed by atoms with E-state index in [1.165, 1.54) is 0 Å². The topological polar surface area (TPSA) is 39.7 Å². The number of nitrogens with one attached hydrogen (secondary N) is 1. The van der Waals surface area contributed by atoms with Crippen LogP contribution in [-0.4, -0.2) is 26.6 Å². The van der Waals surface area contributed by atoms with Crippen molar-refractivity contribution in [2.24, 2.45) is 0 Å². The largest absolute Gasteiger partial charge is 0.454 e. The average molecular weight is 223 g/mol. The molecule has 1 heterocycles. The second-order valence-electron chi connectivity index (χ2n) is 3.89. The van der Waals surface area contributed by atoms with Gasteiger partial charge in [-0.25, -0.2) is 0 Å². The summed E-state index contributed by atoms with van der Waals surface area (Å²) in [5.74, 6) is 1.62. The van der Waals surface area contributed by atoms with Gasteiger partial charge in [0.05, 0.1) is 0 Å². The monoisotopic (exact) mass is 223 g/mol. The molecule has 1 unspecified atom stereocenters. The van der Waals surface area contributed by atoms with Crippen LogP contribution in [0.3, 0.4) is 0 Å². The molecule has 0 saturated heterocycles. The molecule has 88 valence electrons. The van der Waals surface area contributed by atoms with Crippen molar-refractivity contribution in [2.75, 3.05) is 25.8 Å². The van der Waals surface area contributed by atoms with E-state index in [9.17, 15) is 0 Å². The van der Waals surface area contributed by atoms with Gasteiger partial charge in [-0.1, -0.05) is 0 Å². The number of ether oxygens (including phenoxy) is 3. The molecular formula is C12H17NO3. The van der Waals surface area contributed by atoms with Gasteiger partial charge in [-0.3, -0.25) is 0 Å². The van der Waals surface area contributed by atoms with E-state index in [0.29, 0.717) is 12.8 Å². The van der Waals surface area contributed by atoms with Crippen molar-refractivity contribution in [3.05, 3.63) is 18.2 Å². The van der Waals surface area contributed by atoms with Crippen LogP contribution in [0.15, 0.2) is 18.2 Å². The molecule has 1 aromatic rings. The lowest BCUT2D eigenvalue weighted by Gasteiger charge is -2.14. The lowest BCUT2D eigenvalue weighted by atomic mass is 10.2. The van der Waals surface area contributed by atoms with E-state index in [0.717, 1.165) is 30.2 Å². The average Bonchev–Trinajstić information content (AvgIpc) is 2.73. The van der Waals surface area contributed by atoms with Gasteiger partial charge in [0.2, 0.25) is 6.79 Å². The quantitative estimate of drug-likeness (QED) is 0.831. The first-order valence-electron chi connectivity index (χ1n) is 5.44. The van der Waals surface area contributed by atoms with Crippen LogP contribution in [0.2, 0.25) is 0 Å². The molecule has 0 saturated carbocycles. The summed E-state index contributed by atoms with van der Waals surface area (Å²) in [6, 6.07) is 6.26. The van der Waals surface area contributed by atoms with Crippen LogP contribution in [-0.2, 0) is 4.74 Å². The Morgan fingerprint density at radius 3 is 3.00 bits per heavy atom. The Labute approximate surface area is 95.5 Å². The van der Waals surface area contributed by atoms with Gasteiger partial charge in [-0.2, -0.15) is 0 Å². The highest BCUT2D eigenvalue weighted by atomic mass is 16.7. The van der Waals surface area contributed by atoms with Crippen LogP contribution >= 0.6 is 0 Å². The molecule has 1 aliphatic rings. The number of benzene rings is 1. The third kappa shape index (κ3) is 2.58. The van der Waals surface area contributed by atoms with Crippen molar-refractivity contribution >= 4 is 5.69 Å². The van der Waals surface area contributed by atoms with E-state index in [2.05, 4.69) is 12.2 Å². The number of rotatable bonds is 5. The molecule has 0 aliphatic carbocycles. The number of hydrogen-bond donors (Lipinski definition) is 1. The van der Waals surface area contributed by atoms with Gasteiger partial charge >= 0.3 is 0 Å². The van der Waals surface area contributed by atoms with Crippen LogP contribution in [0.5, 0.6) is 11.5 Å². The zero-order chi connectivity index (χ0) is 11.4. The van der Waals surface area contributed by atoms with Crippen LogP contribution in [0.25, 0.3) is 0 Å².